The van der Waals surface area contributed by atoms with Crippen LogP contribution in [0.5, 0.6) is 0 Å². The normalized spacial score (nSPS) is 11.8. The Balaban J connectivity index is 1.01. The average molecular weight is 809 g/mol. The number of hydrogen-bond acceptors (Lipinski definition) is 8. The maximum absolute atomic E-state index is 4.98. The summed E-state index contributed by atoms with van der Waals surface area (Å²) in [6, 6.07) is 47.8. The zero-order valence-electron chi connectivity index (χ0n) is 33.4. The summed E-state index contributed by atoms with van der Waals surface area (Å²) in [6.07, 6.45) is 0. The fraction of sp³-hybridized carbons (Fsp3) is 0. The van der Waals surface area contributed by atoms with Gasteiger partial charge >= 0.3 is 0 Å². The van der Waals surface area contributed by atoms with Crippen molar-refractivity contribution in [2.75, 3.05) is 0 Å². The van der Waals surface area contributed by atoms with Crippen LogP contribution in [0.25, 0.3) is 87.2 Å². The van der Waals surface area contributed by atoms with Crippen LogP contribution in [0.1, 0.15) is 45.6 Å². The van der Waals surface area contributed by atoms with E-state index in [1.807, 2.05) is 146 Å². The van der Waals surface area contributed by atoms with Gasteiger partial charge in [-0.25, -0.2) is 39.9 Å². The van der Waals surface area contributed by atoms with Crippen LogP contribution >= 0.6 is 0 Å². The molecule has 0 radical (unpaired) electrons. The van der Waals surface area contributed by atoms with Gasteiger partial charge in [-0.1, -0.05) is 48.5 Å². The van der Waals surface area contributed by atoms with Crippen molar-refractivity contribution in [3.8, 4) is 47.4 Å². The highest BCUT2D eigenvalue weighted by molar-refractivity contribution is 6.06. The molecule has 288 valence electrons. The van der Waals surface area contributed by atoms with Gasteiger partial charge in [0.05, 0.1) is 44.1 Å². The van der Waals surface area contributed by atoms with Gasteiger partial charge in [0.2, 0.25) is 0 Å². The summed E-state index contributed by atoms with van der Waals surface area (Å²) in [6.45, 7) is 0. The molecule has 4 aromatic carbocycles. The van der Waals surface area contributed by atoms with Gasteiger partial charge in [0.15, 0.2) is 0 Å². The maximum Gasteiger partial charge on any atom is 0.114 e. The SMILES string of the molecule is C1#Cc2ccc3ccc4ccc(nc4c3n2)C#Cc2ccc3ccc4ccc(nc4c3n2)C#Cc2ccc3ccc4ccc(nc4c3n2)C#Cc2ccc3ccc4ccc1nc4c3n2. The number of rotatable bonds is 0. The lowest BCUT2D eigenvalue weighted by Gasteiger charge is -2.05. The maximum atomic E-state index is 4.98. The summed E-state index contributed by atoms with van der Waals surface area (Å²) in [4.78, 5) is 39.9. The number of nitrogens with zero attached hydrogens (tertiary/aromatic N) is 8. The second kappa shape index (κ2) is 14.0. The Morgan fingerprint density at radius 1 is 0.156 bits per heavy atom. The summed E-state index contributed by atoms with van der Waals surface area (Å²) in [5.41, 5.74) is 10.7. The fourth-order valence-electron chi connectivity index (χ4n) is 8.14. The molecule has 0 fully saturated rings. The highest BCUT2D eigenvalue weighted by Gasteiger charge is 2.11. The zero-order chi connectivity index (χ0) is 42.1. The van der Waals surface area contributed by atoms with E-state index in [1.165, 1.54) is 0 Å². The van der Waals surface area contributed by atoms with Gasteiger partial charge < -0.3 is 0 Å². The highest BCUT2D eigenvalue weighted by atomic mass is 14.8. The number of fused-ring (bicyclic) bond motifs is 8. The molecule has 9 heterocycles. The molecule has 0 amide bonds. The number of benzene rings is 4. The second-order valence-corrected chi connectivity index (χ2v) is 15.4. The molecule has 1 aliphatic heterocycles. The van der Waals surface area contributed by atoms with Crippen LogP contribution in [0.3, 0.4) is 0 Å². The Bertz CT molecular complexity index is 3530. The molecule has 0 saturated carbocycles. The van der Waals surface area contributed by atoms with Crippen LogP contribution in [0.15, 0.2) is 146 Å². The van der Waals surface area contributed by atoms with E-state index >= 15 is 0 Å². The van der Waals surface area contributed by atoms with Gasteiger partial charge in [0.25, 0.3) is 0 Å². The van der Waals surface area contributed by atoms with Gasteiger partial charge in [-0.05, 0) is 144 Å². The number of aromatic nitrogens is 8. The summed E-state index contributed by atoms with van der Waals surface area (Å²) >= 11 is 0. The Labute approximate surface area is 364 Å². The molecule has 8 heteroatoms. The molecule has 0 unspecified atom stereocenters. The summed E-state index contributed by atoms with van der Waals surface area (Å²) < 4.78 is 0. The molecular formula is C56H24N8. The van der Waals surface area contributed by atoms with Crippen LogP contribution in [0.2, 0.25) is 0 Å². The lowest BCUT2D eigenvalue weighted by Crippen LogP contribution is -1.93. The summed E-state index contributed by atoms with van der Waals surface area (Å²) in [7, 11) is 0. The molecule has 64 heavy (non-hydrogen) atoms. The van der Waals surface area contributed by atoms with Crippen molar-refractivity contribution >= 4 is 87.2 Å². The molecule has 0 atom stereocenters. The van der Waals surface area contributed by atoms with E-state index < -0.39 is 0 Å². The van der Waals surface area contributed by atoms with E-state index in [4.69, 9.17) is 39.9 Å². The first kappa shape index (κ1) is 35.2. The molecule has 8 nitrogen and oxygen atoms in total. The summed E-state index contributed by atoms with van der Waals surface area (Å²) in [5.74, 6) is 26.0. The molecule has 13 rings (SSSR count). The van der Waals surface area contributed by atoms with Gasteiger partial charge in [-0.3, -0.25) is 0 Å². The molecule has 12 aromatic rings. The fourth-order valence-corrected chi connectivity index (χ4v) is 8.14. The predicted octanol–water partition coefficient (Wildman–Crippen LogP) is 9.98. The minimum Gasteiger partial charge on any atom is -0.237 e. The van der Waals surface area contributed by atoms with E-state index in [2.05, 4.69) is 47.4 Å². The first-order valence-corrected chi connectivity index (χ1v) is 20.5. The van der Waals surface area contributed by atoms with Crippen molar-refractivity contribution in [1.82, 2.24) is 39.9 Å². The number of hydrogen-bond donors (Lipinski definition) is 0. The zero-order valence-corrected chi connectivity index (χ0v) is 33.4. The van der Waals surface area contributed by atoms with E-state index in [0.29, 0.717) is 45.6 Å². The Morgan fingerprint density at radius 2 is 0.266 bits per heavy atom. The van der Waals surface area contributed by atoms with Gasteiger partial charge in [0.1, 0.15) is 45.6 Å². The average Bonchev–Trinajstić information content (AvgIpc) is 3.35. The smallest absolute Gasteiger partial charge is 0.114 e. The third-order valence-corrected chi connectivity index (χ3v) is 11.4. The molecule has 0 N–H and O–H groups in total. The van der Waals surface area contributed by atoms with E-state index in [-0.39, 0.29) is 0 Å². The van der Waals surface area contributed by atoms with Crippen molar-refractivity contribution < 1.29 is 0 Å². The van der Waals surface area contributed by atoms with Crippen LogP contribution in [-0.2, 0) is 0 Å². The van der Waals surface area contributed by atoms with Crippen molar-refractivity contribution in [1.29, 1.82) is 0 Å². The Kier molecular flexibility index (Phi) is 7.69. The molecule has 1 aliphatic rings. The molecule has 0 spiro atoms. The molecular weight excluding hydrogens is 785 g/mol. The van der Waals surface area contributed by atoms with Crippen LogP contribution in [0.4, 0.5) is 0 Å². The van der Waals surface area contributed by atoms with Crippen LogP contribution < -0.4 is 0 Å². The Hall–Kier alpha value is -9.60. The predicted molar refractivity (Wildman–Crippen MR) is 252 cm³/mol. The van der Waals surface area contributed by atoms with E-state index in [9.17, 15) is 0 Å². The molecule has 0 saturated heterocycles. The van der Waals surface area contributed by atoms with Crippen molar-refractivity contribution in [2.45, 2.75) is 0 Å². The quantitative estimate of drug-likeness (QED) is 0.110. The lowest BCUT2D eigenvalue weighted by molar-refractivity contribution is 1.31. The Morgan fingerprint density at radius 3 is 0.391 bits per heavy atom. The molecule has 16 bridgehead atoms. The van der Waals surface area contributed by atoms with Gasteiger partial charge in [-0.2, -0.15) is 0 Å². The molecule has 8 aromatic heterocycles. The second-order valence-electron chi connectivity index (χ2n) is 15.4. The van der Waals surface area contributed by atoms with Crippen molar-refractivity contribution in [2.24, 2.45) is 0 Å². The first-order chi connectivity index (χ1) is 31.6. The lowest BCUT2D eigenvalue weighted by atomic mass is 10.1. The molecule has 0 aliphatic carbocycles. The van der Waals surface area contributed by atoms with Gasteiger partial charge in [-0.15, -0.1) is 0 Å². The third kappa shape index (κ3) is 6.12. The van der Waals surface area contributed by atoms with E-state index in [0.717, 1.165) is 87.2 Å². The topological polar surface area (TPSA) is 103 Å². The first-order valence-electron chi connectivity index (χ1n) is 20.5. The standard InChI is InChI=1S/C56H24N8/c1-2-34-10-18-42-27-28-44-20-12-36-5-6-38-14-22-46(62-54(38)53(36)60-44)31-32-48-24-16-40-8-7-39-15-23-47(63-55(39)56(40)64-48)30-29-45-21-13-37-4-3-35-11-19-43(59-51(35)52(37)61-45)26-25-41-17-9-33(1)49(57-41)50(34)58-42/h1-24H. The third-order valence-electron chi connectivity index (χ3n) is 11.4. The monoisotopic (exact) mass is 808 g/mol. The summed E-state index contributed by atoms with van der Waals surface area (Å²) in [5, 5.41) is 7.60. The van der Waals surface area contributed by atoms with Crippen LogP contribution in [0, 0.1) is 47.4 Å². The largest absolute Gasteiger partial charge is 0.237 e. The van der Waals surface area contributed by atoms with Crippen molar-refractivity contribution in [3.05, 3.63) is 191 Å². The van der Waals surface area contributed by atoms with Gasteiger partial charge in [0, 0.05) is 43.1 Å². The van der Waals surface area contributed by atoms with Crippen molar-refractivity contribution in [3.63, 3.8) is 0 Å². The number of pyridine rings is 8. The minimum atomic E-state index is 0.599. The van der Waals surface area contributed by atoms with Crippen LogP contribution in [-0.4, -0.2) is 39.9 Å². The van der Waals surface area contributed by atoms with E-state index in [1.54, 1.807) is 0 Å². The minimum absolute atomic E-state index is 0.599. The highest BCUT2D eigenvalue weighted by Crippen LogP contribution is 2.27.